The third-order valence-corrected chi connectivity index (χ3v) is 4.66. The van der Waals surface area contributed by atoms with Gasteiger partial charge in [-0.2, -0.15) is 0 Å². The number of aryl methyl sites for hydroxylation is 1. The molecule has 2 N–H and O–H groups in total. The average molecular weight is 283 g/mol. The van der Waals surface area contributed by atoms with Gasteiger partial charge in [0.05, 0.1) is 10.7 Å². The Balaban J connectivity index is 2.11. The van der Waals surface area contributed by atoms with Gasteiger partial charge in [-0.25, -0.2) is 9.37 Å². The molecule has 5 heteroatoms. The van der Waals surface area contributed by atoms with Crippen LogP contribution in [0.4, 0.5) is 9.52 Å². The lowest BCUT2D eigenvalue weighted by molar-refractivity contribution is 0.561. The molecule has 1 atom stereocenters. The quantitative estimate of drug-likeness (QED) is 0.859. The summed E-state index contributed by atoms with van der Waals surface area (Å²) in [6.07, 6.45) is 2.86. The van der Waals surface area contributed by atoms with E-state index in [1.807, 2.05) is 0 Å². The van der Waals surface area contributed by atoms with E-state index in [0.717, 1.165) is 29.8 Å². The van der Waals surface area contributed by atoms with Gasteiger partial charge >= 0.3 is 0 Å². The second-order valence-electron chi connectivity index (χ2n) is 4.45. The van der Waals surface area contributed by atoms with E-state index >= 15 is 0 Å². The fourth-order valence-corrected chi connectivity index (χ4v) is 3.74. The first-order valence-corrected chi connectivity index (χ1v) is 7.05. The molecule has 2 nitrogen and oxygen atoms in total. The predicted molar refractivity (Wildman–Crippen MR) is 72.7 cm³/mol. The van der Waals surface area contributed by atoms with Crippen LogP contribution in [0, 0.1) is 5.82 Å². The van der Waals surface area contributed by atoms with Crippen LogP contribution in [-0.4, -0.2) is 4.98 Å². The number of anilines is 1. The van der Waals surface area contributed by atoms with Crippen LogP contribution in [0.25, 0.3) is 0 Å². The number of fused-ring (bicyclic) bond motifs is 1. The van der Waals surface area contributed by atoms with Crippen molar-refractivity contribution in [1.82, 2.24) is 4.98 Å². The summed E-state index contributed by atoms with van der Waals surface area (Å²) >= 11 is 7.32. The highest BCUT2D eigenvalue weighted by Gasteiger charge is 2.27. The van der Waals surface area contributed by atoms with Crippen molar-refractivity contribution in [3.05, 3.63) is 45.2 Å². The SMILES string of the molecule is Nc1nc2c(s1)C(c1cccc(Cl)c1F)CCC2. The van der Waals surface area contributed by atoms with E-state index in [4.69, 9.17) is 17.3 Å². The molecular formula is C13H12ClFN2S. The fraction of sp³-hybridized carbons (Fsp3) is 0.308. The van der Waals surface area contributed by atoms with E-state index in [9.17, 15) is 4.39 Å². The third-order valence-electron chi connectivity index (χ3n) is 3.32. The molecule has 3 rings (SSSR count). The molecule has 0 radical (unpaired) electrons. The standard InChI is InChI=1S/C13H12ClFN2S/c14-9-5-1-3-7(11(9)15)8-4-2-6-10-12(8)18-13(16)17-10/h1,3,5,8H,2,4,6H2,(H2,16,17). The molecule has 2 aromatic rings. The van der Waals surface area contributed by atoms with Crippen molar-refractivity contribution in [1.29, 1.82) is 0 Å². The Labute approximate surface area is 114 Å². The van der Waals surface area contributed by atoms with Gasteiger partial charge in [-0.3, -0.25) is 0 Å². The Morgan fingerprint density at radius 3 is 3.11 bits per heavy atom. The number of hydrogen-bond donors (Lipinski definition) is 1. The fourth-order valence-electron chi connectivity index (χ4n) is 2.52. The topological polar surface area (TPSA) is 38.9 Å². The van der Waals surface area contributed by atoms with Gasteiger partial charge < -0.3 is 5.73 Å². The number of nitrogens with zero attached hydrogens (tertiary/aromatic N) is 1. The summed E-state index contributed by atoms with van der Waals surface area (Å²) < 4.78 is 14.1. The van der Waals surface area contributed by atoms with Crippen LogP contribution in [0.2, 0.25) is 5.02 Å². The van der Waals surface area contributed by atoms with Crippen molar-refractivity contribution < 1.29 is 4.39 Å². The number of thiazole rings is 1. The van der Waals surface area contributed by atoms with Gasteiger partial charge in [0.25, 0.3) is 0 Å². The van der Waals surface area contributed by atoms with Gasteiger partial charge in [-0.1, -0.05) is 23.7 Å². The van der Waals surface area contributed by atoms with Gasteiger partial charge in [0.1, 0.15) is 5.82 Å². The van der Waals surface area contributed by atoms with Crippen LogP contribution in [0.5, 0.6) is 0 Å². The van der Waals surface area contributed by atoms with Gasteiger partial charge in [-0.05, 0) is 30.9 Å². The van der Waals surface area contributed by atoms with Gasteiger partial charge in [0.15, 0.2) is 5.13 Å². The van der Waals surface area contributed by atoms with E-state index in [1.165, 1.54) is 11.3 Å². The van der Waals surface area contributed by atoms with Crippen LogP contribution in [0.3, 0.4) is 0 Å². The molecule has 94 valence electrons. The van der Waals surface area contributed by atoms with E-state index in [2.05, 4.69) is 4.98 Å². The summed E-state index contributed by atoms with van der Waals surface area (Å²) in [5, 5.41) is 0.742. The zero-order valence-electron chi connectivity index (χ0n) is 9.62. The van der Waals surface area contributed by atoms with E-state index in [1.54, 1.807) is 18.2 Å². The summed E-state index contributed by atoms with van der Waals surface area (Å²) in [5.41, 5.74) is 7.43. The average Bonchev–Trinajstić information content (AvgIpc) is 2.73. The largest absolute Gasteiger partial charge is 0.375 e. The lowest BCUT2D eigenvalue weighted by Gasteiger charge is -2.22. The maximum Gasteiger partial charge on any atom is 0.180 e. The number of hydrogen-bond acceptors (Lipinski definition) is 3. The minimum atomic E-state index is -0.316. The van der Waals surface area contributed by atoms with E-state index in [0.29, 0.717) is 10.7 Å². The number of aromatic nitrogens is 1. The van der Waals surface area contributed by atoms with E-state index < -0.39 is 0 Å². The van der Waals surface area contributed by atoms with Crippen LogP contribution >= 0.6 is 22.9 Å². The Bertz CT molecular complexity index is 597. The van der Waals surface area contributed by atoms with Crippen molar-refractivity contribution in [3.63, 3.8) is 0 Å². The first-order chi connectivity index (χ1) is 8.66. The monoisotopic (exact) mass is 282 g/mol. The number of halogens is 2. The van der Waals surface area contributed by atoms with Crippen molar-refractivity contribution in [3.8, 4) is 0 Å². The second kappa shape index (κ2) is 4.52. The Hall–Kier alpha value is -1.13. The Kier molecular flexibility index (Phi) is 2.99. The zero-order valence-corrected chi connectivity index (χ0v) is 11.2. The normalized spacial score (nSPS) is 18.7. The van der Waals surface area contributed by atoms with Crippen LogP contribution < -0.4 is 5.73 Å². The number of benzene rings is 1. The first kappa shape index (κ1) is 11.9. The molecule has 0 fully saturated rings. The molecule has 18 heavy (non-hydrogen) atoms. The van der Waals surface area contributed by atoms with Crippen molar-refractivity contribution in [2.75, 3.05) is 5.73 Å². The van der Waals surface area contributed by atoms with Crippen molar-refractivity contribution in [2.24, 2.45) is 0 Å². The minimum absolute atomic E-state index is 0.0437. The molecule has 0 aliphatic heterocycles. The zero-order chi connectivity index (χ0) is 12.7. The summed E-state index contributed by atoms with van der Waals surface area (Å²) in [7, 11) is 0. The molecule has 1 unspecified atom stereocenters. The highest BCUT2D eigenvalue weighted by atomic mass is 35.5. The van der Waals surface area contributed by atoms with Gasteiger partial charge in [0.2, 0.25) is 0 Å². The molecule has 1 aromatic heterocycles. The molecule has 1 aromatic carbocycles. The molecular weight excluding hydrogens is 271 g/mol. The Morgan fingerprint density at radius 2 is 2.28 bits per heavy atom. The molecule has 0 spiro atoms. The summed E-state index contributed by atoms with van der Waals surface area (Å²) in [5.74, 6) is -0.272. The van der Waals surface area contributed by atoms with Crippen LogP contribution in [-0.2, 0) is 6.42 Å². The number of rotatable bonds is 1. The van der Waals surface area contributed by atoms with Crippen LogP contribution in [0.15, 0.2) is 18.2 Å². The summed E-state index contributed by atoms with van der Waals surface area (Å²) in [4.78, 5) is 5.42. The molecule has 0 amide bonds. The van der Waals surface area contributed by atoms with Gasteiger partial charge in [-0.15, -0.1) is 11.3 Å². The maximum absolute atomic E-state index is 14.1. The van der Waals surface area contributed by atoms with Crippen LogP contribution in [0.1, 0.15) is 34.9 Å². The predicted octanol–water partition coefficient (Wildman–Crippen LogP) is 3.99. The molecule has 1 aliphatic carbocycles. The molecule has 0 saturated carbocycles. The smallest absolute Gasteiger partial charge is 0.180 e. The maximum atomic E-state index is 14.1. The number of nitrogens with two attached hydrogens (primary N) is 1. The highest BCUT2D eigenvalue weighted by Crippen LogP contribution is 2.42. The molecule has 0 bridgehead atoms. The summed E-state index contributed by atoms with van der Waals surface area (Å²) in [6, 6.07) is 5.17. The molecule has 1 aliphatic rings. The van der Waals surface area contributed by atoms with Gasteiger partial charge in [0, 0.05) is 10.8 Å². The lowest BCUT2D eigenvalue weighted by Crippen LogP contribution is -2.10. The highest BCUT2D eigenvalue weighted by molar-refractivity contribution is 7.15. The minimum Gasteiger partial charge on any atom is -0.375 e. The molecule has 1 heterocycles. The van der Waals surface area contributed by atoms with Crippen molar-refractivity contribution in [2.45, 2.75) is 25.2 Å². The first-order valence-electron chi connectivity index (χ1n) is 5.86. The van der Waals surface area contributed by atoms with Crippen molar-refractivity contribution >= 4 is 28.1 Å². The second-order valence-corrected chi connectivity index (χ2v) is 5.92. The van der Waals surface area contributed by atoms with E-state index in [-0.39, 0.29) is 16.8 Å². The number of nitrogen functional groups attached to an aromatic ring is 1. The third kappa shape index (κ3) is 1.89. The lowest BCUT2D eigenvalue weighted by atomic mass is 9.86. The Morgan fingerprint density at radius 1 is 1.44 bits per heavy atom. The summed E-state index contributed by atoms with van der Waals surface area (Å²) in [6.45, 7) is 0. The molecule has 0 saturated heterocycles.